The topological polar surface area (TPSA) is 56.1 Å². The third-order valence-electron chi connectivity index (χ3n) is 2.03. The molecule has 1 rings (SSSR count). The van der Waals surface area contributed by atoms with Crippen molar-refractivity contribution in [2.24, 2.45) is 0 Å². The molecule has 0 unspecified atom stereocenters. The highest BCUT2D eigenvalue weighted by Crippen LogP contribution is 2.13. The van der Waals surface area contributed by atoms with E-state index >= 15 is 0 Å². The van der Waals surface area contributed by atoms with E-state index in [4.69, 9.17) is 5.26 Å². The van der Waals surface area contributed by atoms with Crippen molar-refractivity contribution in [1.29, 1.82) is 5.26 Å². The largest absolute Gasteiger partial charge is 0.376 e. The van der Waals surface area contributed by atoms with Gasteiger partial charge in [0.1, 0.15) is 11.9 Å². The van der Waals surface area contributed by atoms with Gasteiger partial charge in [-0.2, -0.15) is 5.26 Å². The van der Waals surface area contributed by atoms with Crippen LogP contribution in [0.4, 0.5) is 10.1 Å². The molecule has 0 saturated carbocycles. The van der Waals surface area contributed by atoms with E-state index in [0.29, 0.717) is 5.69 Å². The van der Waals surface area contributed by atoms with Crippen LogP contribution in [0.15, 0.2) is 18.2 Å². The summed E-state index contributed by atoms with van der Waals surface area (Å²) in [6, 6.07) is 5.79. The number of carbonyl (C=O) groups excluding carboxylic acids is 1. The molecule has 16 heavy (non-hydrogen) atoms. The SMILES string of the molecule is CN(C)C(=O)CNc1ccc(F)c(C#N)c1. The van der Waals surface area contributed by atoms with Crippen LogP contribution in [-0.4, -0.2) is 31.4 Å². The number of likely N-dealkylation sites (N-methyl/N-ethyl adjacent to an activating group) is 1. The summed E-state index contributed by atoms with van der Waals surface area (Å²) in [6.07, 6.45) is 0. The highest BCUT2D eigenvalue weighted by molar-refractivity contribution is 5.80. The molecule has 1 amide bonds. The molecule has 1 aromatic carbocycles. The third kappa shape index (κ3) is 2.95. The zero-order chi connectivity index (χ0) is 12.1. The summed E-state index contributed by atoms with van der Waals surface area (Å²) in [4.78, 5) is 12.7. The molecule has 84 valence electrons. The van der Waals surface area contributed by atoms with Crippen molar-refractivity contribution in [3.8, 4) is 6.07 Å². The van der Waals surface area contributed by atoms with Crippen LogP contribution in [0.3, 0.4) is 0 Å². The maximum atomic E-state index is 13.0. The maximum absolute atomic E-state index is 13.0. The van der Waals surface area contributed by atoms with Gasteiger partial charge in [0.05, 0.1) is 12.1 Å². The molecule has 0 aromatic heterocycles. The van der Waals surface area contributed by atoms with Crippen LogP contribution in [0.2, 0.25) is 0 Å². The zero-order valence-corrected chi connectivity index (χ0v) is 9.12. The Balaban J connectivity index is 2.69. The van der Waals surface area contributed by atoms with E-state index in [0.717, 1.165) is 0 Å². The smallest absolute Gasteiger partial charge is 0.241 e. The lowest BCUT2D eigenvalue weighted by molar-refractivity contribution is -0.126. The van der Waals surface area contributed by atoms with Gasteiger partial charge < -0.3 is 10.2 Å². The van der Waals surface area contributed by atoms with Crippen LogP contribution in [0.5, 0.6) is 0 Å². The van der Waals surface area contributed by atoms with Gasteiger partial charge in [0.15, 0.2) is 0 Å². The lowest BCUT2D eigenvalue weighted by Gasteiger charge is -2.11. The fourth-order valence-electron chi connectivity index (χ4n) is 1.06. The second kappa shape index (κ2) is 5.12. The van der Waals surface area contributed by atoms with Gasteiger partial charge in [0, 0.05) is 19.8 Å². The molecule has 0 bridgehead atoms. The number of nitrogens with zero attached hydrogens (tertiary/aromatic N) is 2. The number of anilines is 1. The third-order valence-corrected chi connectivity index (χ3v) is 2.03. The zero-order valence-electron chi connectivity index (χ0n) is 9.12. The summed E-state index contributed by atoms with van der Waals surface area (Å²) >= 11 is 0. The summed E-state index contributed by atoms with van der Waals surface area (Å²) in [5.74, 6) is -0.658. The van der Waals surface area contributed by atoms with Gasteiger partial charge in [-0.3, -0.25) is 4.79 Å². The van der Waals surface area contributed by atoms with Gasteiger partial charge in [-0.25, -0.2) is 4.39 Å². The fourth-order valence-corrected chi connectivity index (χ4v) is 1.06. The normalized spacial score (nSPS) is 9.38. The van der Waals surface area contributed by atoms with Gasteiger partial charge in [0.2, 0.25) is 5.91 Å². The molecular weight excluding hydrogens is 209 g/mol. The Morgan fingerprint density at radius 3 is 2.81 bits per heavy atom. The van der Waals surface area contributed by atoms with E-state index in [9.17, 15) is 9.18 Å². The Kier molecular flexibility index (Phi) is 3.84. The van der Waals surface area contributed by atoms with Crippen molar-refractivity contribution in [3.63, 3.8) is 0 Å². The van der Waals surface area contributed by atoms with E-state index in [-0.39, 0.29) is 18.0 Å². The number of carbonyl (C=O) groups is 1. The highest BCUT2D eigenvalue weighted by Gasteiger charge is 2.05. The molecule has 0 aliphatic carbocycles. The number of amides is 1. The van der Waals surface area contributed by atoms with Crippen molar-refractivity contribution in [2.75, 3.05) is 26.0 Å². The predicted molar refractivity (Wildman–Crippen MR) is 58.3 cm³/mol. The second-order valence-electron chi connectivity index (χ2n) is 3.45. The van der Waals surface area contributed by atoms with Crippen molar-refractivity contribution in [2.45, 2.75) is 0 Å². The van der Waals surface area contributed by atoms with Crippen molar-refractivity contribution < 1.29 is 9.18 Å². The first-order valence-corrected chi connectivity index (χ1v) is 4.68. The highest BCUT2D eigenvalue weighted by atomic mass is 19.1. The number of nitriles is 1. The minimum Gasteiger partial charge on any atom is -0.376 e. The quantitative estimate of drug-likeness (QED) is 0.834. The molecule has 0 radical (unpaired) electrons. The minimum atomic E-state index is -0.563. The summed E-state index contributed by atoms with van der Waals surface area (Å²) < 4.78 is 13.0. The molecule has 0 atom stereocenters. The van der Waals surface area contributed by atoms with Crippen LogP contribution in [-0.2, 0) is 4.79 Å². The fraction of sp³-hybridized carbons (Fsp3) is 0.273. The van der Waals surface area contributed by atoms with E-state index in [1.165, 1.54) is 23.1 Å². The first-order valence-electron chi connectivity index (χ1n) is 4.68. The number of hydrogen-bond donors (Lipinski definition) is 1. The standard InChI is InChI=1S/C11H12FN3O/c1-15(2)11(16)7-14-9-3-4-10(12)8(5-9)6-13/h3-5,14H,7H2,1-2H3. The molecule has 5 heteroatoms. The van der Waals surface area contributed by atoms with Crippen LogP contribution in [0.25, 0.3) is 0 Å². The monoisotopic (exact) mass is 221 g/mol. The van der Waals surface area contributed by atoms with Crippen LogP contribution < -0.4 is 5.32 Å². The Labute approximate surface area is 93.3 Å². The first kappa shape index (κ1) is 12.0. The minimum absolute atomic E-state index is 0.0395. The maximum Gasteiger partial charge on any atom is 0.241 e. The molecule has 0 heterocycles. The molecule has 1 N–H and O–H groups in total. The first-order chi connectivity index (χ1) is 7.54. The number of halogens is 1. The average molecular weight is 221 g/mol. The summed E-state index contributed by atoms with van der Waals surface area (Å²) in [7, 11) is 3.30. The summed E-state index contributed by atoms with van der Waals surface area (Å²) in [5, 5.41) is 11.4. The molecule has 1 aromatic rings. The van der Waals surface area contributed by atoms with Gasteiger partial charge in [-0.15, -0.1) is 0 Å². The van der Waals surface area contributed by atoms with Gasteiger partial charge in [0.25, 0.3) is 0 Å². The Bertz CT molecular complexity index is 437. The Morgan fingerprint density at radius 2 is 2.25 bits per heavy atom. The van der Waals surface area contributed by atoms with Crippen LogP contribution in [0.1, 0.15) is 5.56 Å². The number of benzene rings is 1. The Hall–Kier alpha value is -2.09. The van der Waals surface area contributed by atoms with Gasteiger partial charge in [-0.05, 0) is 18.2 Å². The summed E-state index contributed by atoms with van der Waals surface area (Å²) in [5.41, 5.74) is 0.510. The molecule has 0 spiro atoms. The van der Waals surface area contributed by atoms with Crippen LogP contribution >= 0.6 is 0 Å². The van der Waals surface area contributed by atoms with Gasteiger partial charge in [-0.1, -0.05) is 0 Å². The summed E-state index contributed by atoms with van der Waals surface area (Å²) in [6.45, 7) is 0.115. The van der Waals surface area contributed by atoms with Crippen molar-refractivity contribution >= 4 is 11.6 Å². The molecule has 0 aliphatic heterocycles. The molecule has 0 saturated heterocycles. The van der Waals surface area contributed by atoms with E-state index in [1.807, 2.05) is 0 Å². The van der Waals surface area contributed by atoms with Crippen molar-refractivity contribution in [1.82, 2.24) is 4.90 Å². The Morgan fingerprint density at radius 1 is 1.56 bits per heavy atom. The van der Waals surface area contributed by atoms with E-state index in [2.05, 4.69) is 5.32 Å². The predicted octanol–water partition coefficient (Wildman–Crippen LogP) is 1.20. The number of hydrogen-bond acceptors (Lipinski definition) is 3. The second-order valence-corrected chi connectivity index (χ2v) is 3.45. The van der Waals surface area contributed by atoms with Crippen molar-refractivity contribution in [3.05, 3.63) is 29.6 Å². The van der Waals surface area contributed by atoms with Crippen LogP contribution in [0, 0.1) is 17.1 Å². The van der Waals surface area contributed by atoms with Gasteiger partial charge >= 0.3 is 0 Å². The van der Waals surface area contributed by atoms with E-state index in [1.54, 1.807) is 20.2 Å². The lowest BCUT2D eigenvalue weighted by atomic mass is 10.2. The lowest BCUT2D eigenvalue weighted by Crippen LogP contribution is -2.28. The van der Waals surface area contributed by atoms with E-state index < -0.39 is 5.82 Å². The molecule has 0 aliphatic rings. The number of nitrogens with one attached hydrogen (secondary N) is 1. The average Bonchev–Trinajstić information content (AvgIpc) is 2.27. The number of rotatable bonds is 3. The molecular formula is C11H12FN3O. The molecule has 4 nitrogen and oxygen atoms in total. The molecule has 0 fully saturated rings.